The zero-order valence-corrected chi connectivity index (χ0v) is 15.6. The molecule has 0 saturated heterocycles. The lowest BCUT2D eigenvalue weighted by Gasteiger charge is -2.33. The number of nitrogens with zero attached hydrogens (tertiary/aromatic N) is 1. The van der Waals surface area contributed by atoms with Crippen molar-refractivity contribution in [2.24, 2.45) is 0 Å². The van der Waals surface area contributed by atoms with Crippen LogP contribution < -0.4 is 5.32 Å². The molecule has 3 rings (SSSR count). The molecule has 1 atom stereocenters. The highest BCUT2D eigenvalue weighted by atomic mass is 32.2. The number of aryl methyl sites for hydroxylation is 1. The van der Waals surface area contributed by atoms with Gasteiger partial charge in [-0.15, -0.1) is 0 Å². The number of dihydropyridines is 1. The van der Waals surface area contributed by atoms with Crippen molar-refractivity contribution in [3.8, 4) is 6.07 Å². The number of allylic oxidation sites excluding steroid dienone is 3. The minimum absolute atomic E-state index is 0.0918. The summed E-state index contributed by atoms with van der Waals surface area (Å²) in [5, 5.41) is 13.7. The van der Waals surface area contributed by atoms with Crippen molar-refractivity contribution in [1.29, 1.82) is 5.26 Å². The van der Waals surface area contributed by atoms with E-state index in [-0.39, 0.29) is 23.4 Å². The third-order valence-electron chi connectivity index (χ3n) is 4.64. The number of carbonyl (C=O) groups is 2. The fourth-order valence-corrected chi connectivity index (χ4v) is 4.21. The van der Waals surface area contributed by atoms with Gasteiger partial charge in [-0.05, 0) is 25.3 Å². The van der Waals surface area contributed by atoms with Gasteiger partial charge in [-0.2, -0.15) is 5.26 Å². The lowest BCUT2D eigenvalue weighted by Crippen LogP contribution is -2.31. The fourth-order valence-electron chi connectivity index (χ4n) is 3.32. The number of nitriles is 1. The van der Waals surface area contributed by atoms with Gasteiger partial charge in [0.2, 0.25) is 0 Å². The monoisotopic (exact) mass is 368 g/mol. The normalized spacial score (nSPS) is 19.6. The molecule has 1 aromatic carbocycles. The average molecular weight is 368 g/mol. The van der Waals surface area contributed by atoms with Crippen LogP contribution in [-0.4, -0.2) is 24.6 Å². The number of benzene rings is 1. The number of thioether (sulfide) groups is 1. The van der Waals surface area contributed by atoms with Crippen molar-refractivity contribution in [2.45, 2.75) is 32.1 Å². The number of rotatable bonds is 4. The first kappa shape index (κ1) is 18.3. The van der Waals surface area contributed by atoms with E-state index in [9.17, 15) is 14.9 Å². The second-order valence-electron chi connectivity index (χ2n) is 6.36. The van der Waals surface area contributed by atoms with Crippen LogP contribution in [0.25, 0.3) is 0 Å². The van der Waals surface area contributed by atoms with Gasteiger partial charge in [-0.3, -0.25) is 9.59 Å². The highest BCUT2D eigenvalue weighted by Gasteiger charge is 2.37. The largest absolute Gasteiger partial charge is 0.468 e. The molecule has 1 aliphatic carbocycles. The molecule has 1 N–H and O–H groups in total. The number of carbonyl (C=O) groups excluding carboxylic acids is 2. The molecule has 1 aliphatic heterocycles. The van der Waals surface area contributed by atoms with E-state index in [1.54, 1.807) is 0 Å². The quantitative estimate of drug-likeness (QED) is 0.821. The summed E-state index contributed by atoms with van der Waals surface area (Å²) < 4.78 is 4.70. The Hall–Kier alpha value is -2.52. The third kappa shape index (κ3) is 3.54. The van der Waals surface area contributed by atoms with Crippen molar-refractivity contribution < 1.29 is 14.3 Å². The molecular formula is C20H20N2O3S. The summed E-state index contributed by atoms with van der Waals surface area (Å²) in [7, 11) is 1.34. The van der Waals surface area contributed by atoms with Crippen LogP contribution >= 0.6 is 11.8 Å². The molecule has 2 aliphatic rings. The molecule has 5 nitrogen and oxygen atoms in total. The van der Waals surface area contributed by atoms with Crippen LogP contribution in [0.4, 0.5) is 0 Å². The Morgan fingerprint density at radius 2 is 2.08 bits per heavy atom. The van der Waals surface area contributed by atoms with Gasteiger partial charge in [0.15, 0.2) is 5.78 Å². The first-order valence-electron chi connectivity index (χ1n) is 8.49. The van der Waals surface area contributed by atoms with E-state index in [0.717, 1.165) is 29.7 Å². The molecule has 1 unspecified atom stereocenters. The van der Waals surface area contributed by atoms with Gasteiger partial charge in [0.25, 0.3) is 0 Å². The van der Waals surface area contributed by atoms with Crippen molar-refractivity contribution in [2.75, 3.05) is 12.9 Å². The highest BCUT2D eigenvalue weighted by Crippen LogP contribution is 2.43. The Morgan fingerprint density at radius 3 is 2.73 bits per heavy atom. The minimum Gasteiger partial charge on any atom is -0.468 e. The molecule has 1 aromatic rings. The summed E-state index contributed by atoms with van der Waals surface area (Å²) in [5.41, 5.74) is 4.09. The Bertz CT molecular complexity index is 847. The van der Waals surface area contributed by atoms with Crippen molar-refractivity contribution in [3.63, 3.8) is 0 Å². The standard InChI is InChI=1S/C20H20N2O3S/c1-12-6-8-13(9-7-12)18-14(10-21)20(26-11-17(24)25-2)22-15-4-3-5-16(23)19(15)18/h6-9,18,22H,3-5,11H2,1-2H3. The summed E-state index contributed by atoms with van der Waals surface area (Å²) >= 11 is 1.25. The van der Waals surface area contributed by atoms with E-state index in [4.69, 9.17) is 4.74 Å². The highest BCUT2D eigenvalue weighted by molar-refractivity contribution is 8.03. The number of methoxy groups -OCH3 is 1. The number of hydrogen-bond donors (Lipinski definition) is 1. The maximum Gasteiger partial charge on any atom is 0.316 e. The topological polar surface area (TPSA) is 79.2 Å². The molecule has 0 amide bonds. The molecule has 0 aromatic heterocycles. The number of hydrogen-bond acceptors (Lipinski definition) is 6. The Labute approximate surface area is 157 Å². The number of Topliss-reactive ketones (excluding diaryl/α,β-unsaturated/α-hetero) is 1. The van der Waals surface area contributed by atoms with Crippen LogP contribution in [0.3, 0.4) is 0 Å². The SMILES string of the molecule is COC(=O)CSC1=C(C#N)C(c2ccc(C)cc2)C2=C(CCCC2=O)N1. The Morgan fingerprint density at radius 1 is 1.35 bits per heavy atom. The van der Waals surface area contributed by atoms with E-state index < -0.39 is 0 Å². The number of nitrogens with one attached hydrogen (secondary N) is 1. The maximum atomic E-state index is 12.6. The summed E-state index contributed by atoms with van der Waals surface area (Å²) in [4.78, 5) is 24.2. The summed E-state index contributed by atoms with van der Waals surface area (Å²) in [6.07, 6.45) is 2.07. The van der Waals surface area contributed by atoms with E-state index in [0.29, 0.717) is 22.6 Å². The smallest absolute Gasteiger partial charge is 0.316 e. The second-order valence-corrected chi connectivity index (χ2v) is 7.34. The predicted octanol–water partition coefficient (Wildman–Crippen LogP) is 3.33. The van der Waals surface area contributed by atoms with Gasteiger partial charge in [0.1, 0.15) is 0 Å². The van der Waals surface area contributed by atoms with E-state index >= 15 is 0 Å². The molecule has 0 spiro atoms. The predicted molar refractivity (Wildman–Crippen MR) is 100 cm³/mol. The second kappa shape index (κ2) is 7.79. The number of ketones is 1. The molecule has 0 bridgehead atoms. The fraction of sp³-hybridized carbons (Fsp3) is 0.350. The molecule has 134 valence electrons. The zero-order chi connectivity index (χ0) is 18.7. The van der Waals surface area contributed by atoms with Crippen molar-refractivity contribution in [3.05, 3.63) is 57.3 Å². The van der Waals surface area contributed by atoms with Crippen molar-refractivity contribution >= 4 is 23.5 Å². The van der Waals surface area contributed by atoms with Gasteiger partial charge in [0, 0.05) is 17.7 Å². The zero-order valence-electron chi connectivity index (χ0n) is 14.8. The van der Waals surface area contributed by atoms with Crippen LogP contribution in [0.5, 0.6) is 0 Å². The number of ether oxygens (including phenoxy) is 1. The summed E-state index contributed by atoms with van der Waals surface area (Å²) in [6, 6.07) is 10.2. The van der Waals surface area contributed by atoms with Crippen LogP contribution in [0, 0.1) is 18.3 Å². The van der Waals surface area contributed by atoms with Crippen LogP contribution in [0.1, 0.15) is 36.3 Å². The average Bonchev–Trinajstić information content (AvgIpc) is 2.65. The van der Waals surface area contributed by atoms with Crippen LogP contribution in [-0.2, 0) is 14.3 Å². The first-order chi connectivity index (χ1) is 12.5. The lowest BCUT2D eigenvalue weighted by atomic mass is 9.77. The lowest BCUT2D eigenvalue weighted by molar-refractivity contribution is -0.137. The van der Waals surface area contributed by atoms with Gasteiger partial charge in [-0.1, -0.05) is 41.6 Å². The summed E-state index contributed by atoms with van der Waals surface area (Å²) in [5.74, 6) is -0.534. The third-order valence-corrected chi connectivity index (χ3v) is 5.63. The van der Waals surface area contributed by atoms with Crippen molar-refractivity contribution in [1.82, 2.24) is 5.32 Å². The molecule has 26 heavy (non-hydrogen) atoms. The van der Waals surface area contributed by atoms with Crippen LogP contribution in [0.15, 0.2) is 46.1 Å². The first-order valence-corrected chi connectivity index (χ1v) is 9.47. The Kier molecular flexibility index (Phi) is 5.48. The molecule has 0 saturated carbocycles. The van der Waals surface area contributed by atoms with Gasteiger partial charge in [0.05, 0.1) is 35.5 Å². The minimum atomic E-state index is -0.384. The Balaban J connectivity index is 2.07. The molecule has 0 fully saturated rings. The van der Waals surface area contributed by atoms with E-state index in [1.807, 2.05) is 31.2 Å². The van der Waals surface area contributed by atoms with E-state index in [2.05, 4.69) is 11.4 Å². The number of esters is 1. The van der Waals surface area contributed by atoms with Crippen LogP contribution in [0.2, 0.25) is 0 Å². The molecule has 0 radical (unpaired) electrons. The maximum absolute atomic E-state index is 12.6. The molecule has 1 heterocycles. The van der Waals surface area contributed by atoms with E-state index in [1.165, 1.54) is 18.9 Å². The molecular weight excluding hydrogens is 348 g/mol. The molecule has 6 heteroatoms. The van der Waals surface area contributed by atoms with Gasteiger partial charge < -0.3 is 10.1 Å². The van der Waals surface area contributed by atoms with Gasteiger partial charge in [-0.25, -0.2) is 0 Å². The summed E-state index contributed by atoms with van der Waals surface area (Å²) in [6.45, 7) is 2.00. The van der Waals surface area contributed by atoms with Gasteiger partial charge >= 0.3 is 5.97 Å².